The van der Waals surface area contributed by atoms with Gasteiger partial charge in [-0.25, -0.2) is 0 Å². The Balaban J connectivity index is 2.47. The molecule has 0 saturated heterocycles. The molecular formula is C9H13N3. The van der Waals surface area contributed by atoms with Crippen molar-refractivity contribution in [1.29, 1.82) is 0 Å². The molecule has 0 spiro atoms. The summed E-state index contributed by atoms with van der Waals surface area (Å²) in [5.41, 5.74) is 6.38. The minimum atomic E-state index is 0.0810. The Kier molecular flexibility index (Phi) is 3.41. The fraction of sp³-hybridized carbons (Fsp3) is 0.333. The standard InChI is InChI=1S/C9H13N3/c1-8(10)7-11-12-9-5-3-2-4-6-9/h2-6,8H,7,10H2,1H3. The number of nitrogens with zero attached hydrogens (tertiary/aromatic N) is 2. The zero-order valence-corrected chi connectivity index (χ0v) is 7.14. The number of benzene rings is 1. The second kappa shape index (κ2) is 4.62. The first-order valence-electron chi connectivity index (χ1n) is 3.97. The number of azo groups is 1. The lowest BCUT2D eigenvalue weighted by molar-refractivity contribution is 0.729. The molecule has 3 nitrogen and oxygen atoms in total. The molecule has 3 heteroatoms. The third-order valence-corrected chi connectivity index (χ3v) is 1.31. The van der Waals surface area contributed by atoms with Crippen LogP contribution < -0.4 is 5.73 Å². The van der Waals surface area contributed by atoms with Gasteiger partial charge in [0.1, 0.15) is 0 Å². The van der Waals surface area contributed by atoms with E-state index in [1.807, 2.05) is 37.3 Å². The lowest BCUT2D eigenvalue weighted by Gasteiger charge is -1.95. The van der Waals surface area contributed by atoms with Crippen molar-refractivity contribution >= 4 is 5.69 Å². The number of rotatable bonds is 3. The average Bonchev–Trinajstić information content (AvgIpc) is 2.05. The molecule has 1 aromatic rings. The highest BCUT2D eigenvalue weighted by Gasteiger charge is 1.89. The molecule has 1 unspecified atom stereocenters. The monoisotopic (exact) mass is 163 g/mol. The van der Waals surface area contributed by atoms with Gasteiger partial charge in [0, 0.05) is 6.04 Å². The van der Waals surface area contributed by atoms with Crippen molar-refractivity contribution in [3.05, 3.63) is 30.3 Å². The van der Waals surface area contributed by atoms with Crippen LogP contribution in [0.25, 0.3) is 0 Å². The van der Waals surface area contributed by atoms with Crippen molar-refractivity contribution in [1.82, 2.24) is 0 Å². The molecule has 0 aliphatic carbocycles. The maximum Gasteiger partial charge on any atom is 0.0852 e. The molecule has 0 aromatic heterocycles. The van der Waals surface area contributed by atoms with E-state index in [0.29, 0.717) is 6.54 Å². The molecule has 0 bridgehead atoms. The van der Waals surface area contributed by atoms with E-state index in [-0.39, 0.29) is 6.04 Å². The van der Waals surface area contributed by atoms with Gasteiger partial charge in [0.25, 0.3) is 0 Å². The maximum atomic E-state index is 5.50. The van der Waals surface area contributed by atoms with Gasteiger partial charge in [-0.15, -0.1) is 0 Å². The molecule has 64 valence electrons. The van der Waals surface area contributed by atoms with Gasteiger partial charge in [-0.05, 0) is 19.1 Å². The molecule has 0 saturated carbocycles. The highest BCUT2D eigenvalue weighted by molar-refractivity contribution is 5.34. The quantitative estimate of drug-likeness (QED) is 0.682. The lowest BCUT2D eigenvalue weighted by atomic mass is 10.3. The summed E-state index contributed by atoms with van der Waals surface area (Å²) in [6.07, 6.45) is 0. The zero-order chi connectivity index (χ0) is 8.81. The molecule has 0 amide bonds. The summed E-state index contributed by atoms with van der Waals surface area (Å²) in [6.45, 7) is 2.49. The van der Waals surface area contributed by atoms with Crippen molar-refractivity contribution in [2.45, 2.75) is 13.0 Å². The minimum absolute atomic E-state index is 0.0810. The average molecular weight is 163 g/mol. The van der Waals surface area contributed by atoms with E-state index in [2.05, 4.69) is 10.2 Å². The van der Waals surface area contributed by atoms with E-state index >= 15 is 0 Å². The molecule has 0 radical (unpaired) electrons. The van der Waals surface area contributed by atoms with Crippen LogP contribution in [-0.4, -0.2) is 12.6 Å². The normalized spacial score (nSPS) is 13.5. The lowest BCUT2D eigenvalue weighted by Crippen LogP contribution is -2.17. The third kappa shape index (κ3) is 3.25. The van der Waals surface area contributed by atoms with Crippen LogP contribution in [0.2, 0.25) is 0 Å². The smallest absolute Gasteiger partial charge is 0.0852 e. The molecule has 0 heterocycles. The fourth-order valence-electron chi connectivity index (χ4n) is 0.746. The van der Waals surface area contributed by atoms with Crippen LogP contribution in [0.4, 0.5) is 5.69 Å². The first kappa shape index (κ1) is 8.87. The molecule has 0 fully saturated rings. The summed E-state index contributed by atoms with van der Waals surface area (Å²) in [7, 11) is 0. The Hall–Kier alpha value is -1.22. The molecule has 0 aliphatic rings. The van der Waals surface area contributed by atoms with Crippen LogP contribution in [0.1, 0.15) is 6.92 Å². The Morgan fingerprint density at radius 1 is 1.33 bits per heavy atom. The highest BCUT2D eigenvalue weighted by atomic mass is 15.1. The molecule has 1 rings (SSSR count). The SMILES string of the molecule is CC(N)CN=Nc1ccccc1. The first-order chi connectivity index (χ1) is 5.79. The molecular weight excluding hydrogens is 150 g/mol. The van der Waals surface area contributed by atoms with Crippen molar-refractivity contribution in [2.75, 3.05) is 6.54 Å². The number of hydrogen-bond donors (Lipinski definition) is 1. The van der Waals surface area contributed by atoms with Crippen LogP contribution >= 0.6 is 0 Å². The molecule has 12 heavy (non-hydrogen) atoms. The third-order valence-electron chi connectivity index (χ3n) is 1.31. The van der Waals surface area contributed by atoms with E-state index in [1.165, 1.54) is 0 Å². The van der Waals surface area contributed by atoms with Crippen molar-refractivity contribution in [3.8, 4) is 0 Å². The van der Waals surface area contributed by atoms with Gasteiger partial charge in [0.15, 0.2) is 0 Å². The molecule has 0 aliphatic heterocycles. The zero-order valence-electron chi connectivity index (χ0n) is 7.14. The summed E-state index contributed by atoms with van der Waals surface area (Å²) in [5, 5.41) is 7.93. The predicted octanol–water partition coefficient (Wildman–Crippen LogP) is 2.12. The molecule has 2 N–H and O–H groups in total. The van der Waals surface area contributed by atoms with Gasteiger partial charge in [-0.2, -0.15) is 10.2 Å². The Labute approximate surface area is 72.3 Å². The number of nitrogens with two attached hydrogens (primary N) is 1. The van der Waals surface area contributed by atoms with Crippen molar-refractivity contribution in [2.24, 2.45) is 16.0 Å². The van der Waals surface area contributed by atoms with E-state index in [1.54, 1.807) is 0 Å². The van der Waals surface area contributed by atoms with E-state index in [0.717, 1.165) is 5.69 Å². The van der Waals surface area contributed by atoms with E-state index in [4.69, 9.17) is 5.73 Å². The van der Waals surface area contributed by atoms with Gasteiger partial charge in [0.05, 0.1) is 12.2 Å². The van der Waals surface area contributed by atoms with E-state index < -0.39 is 0 Å². The van der Waals surface area contributed by atoms with Crippen molar-refractivity contribution in [3.63, 3.8) is 0 Å². The second-order valence-corrected chi connectivity index (χ2v) is 2.74. The van der Waals surface area contributed by atoms with E-state index in [9.17, 15) is 0 Å². The van der Waals surface area contributed by atoms with Crippen LogP contribution in [0.15, 0.2) is 40.6 Å². The summed E-state index contributed by atoms with van der Waals surface area (Å²) in [6, 6.07) is 9.71. The largest absolute Gasteiger partial charge is 0.326 e. The van der Waals surface area contributed by atoms with Gasteiger partial charge >= 0.3 is 0 Å². The topological polar surface area (TPSA) is 50.7 Å². The molecule has 1 aromatic carbocycles. The summed E-state index contributed by atoms with van der Waals surface area (Å²) < 4.78 is 0. The van der Waals surface area contributed by atoms with Crippen LogP contribution in [0.3, 0.4) is 0 Å². The Morgan fingerprint density at radius 3 is 2.58 bits per heavy atom. The molecule has 1 atom stereocenters. The van der Waals surface area contributed by atoms with Crippen LogP contribution in [0, 0.1) is 0 Å². The Morgan fingerprint density at radius 2 is 2.00 bits per heavy atom. The highest BCUT2D eigenvalue weighted by Crippen LogP contribution is 2.09. The maximum absolute atomic E-state index is 5.50. The number of hydrogen-bond acceptors (Lipinski definition) is 3. The second-order valence-electron chi connectivity index (χ2n) is 2.74. The first-order valence-corrected chi connectivity index (χ1v) is 3.97. The predicted molar refractivity (Wildman–Crippen MR) is 49.5 cm³/mol. The van der Waals surface area contributed by atoms with Gasteiger partial charge in [-0.3, -0.25) is 0 Å². The summed E-state index contributed by atoms with van der Waals surface area (Å²) in [4.78, 5) is 0. The minimum Gasteiger partial charge on any atom is -0.326 e. The van der Waals surface area contributed by atoms with Gasteiger partial charge in [0.2, 0.25) is 0 Å². The summed E-state index contributed by atoms with van der Waals surface area (Å²) >= 11 is 0. The van der Waals surface area contributed by atoms with Crippen LogP contribution in [0.5, 0.6) is 0 Å². The fourth-order valence-corrected chi connectivity index (χ4v) is 0.746. The Bertz CT molecular complexity index is 241. The summed E-state index contributed by atoms with van der Waals surface area (Å²) in [5.74, 6) is 0. The van der Waals surface area contributed by atoms with Crippen LogP contribution in [-0.2, 0) is 0 Å². The van der Waals surface area contributed by atoms with Gasteiger partial charge < -0.3 is 5.73 Å². The van der Waals surface area contributed by atoms with Crippen molar-refractivity contribution < 1.29 is 0 Å². The van der Waals surface area contributed by atoms with Gasteiger partial charge in [-0.1, -0.05) is 18.2 Å².